The zero-order valence-electron chi connectivity index (χ0n) is 9.73. The molecule has 86 valence electrons. The molecule has 0 unspecified atom stereocenters. The summed E-state index contributed by atoms with van der Waals surface area (Å²) in [6.07, 6.45) is 0.830. The Morgan fingerprint density at radius 2 is 2.24 bits per heavy atom. The predicted octanol–water partition coefficient (Wildman–Crippen LogP) is 2.78. The first-order chi connectivity index (χ1) is 8.28. The SMILES string of the molecule is CCc1cc(-c2ccc(C#N)c(OC)c2)on1. The van der Waals surface area contributed by atoms with Gasteiger partial charge in [0, 0.05) is 11.6 Å². The molecule has 0 N–H and O–H groups in total. The minimum absolute atomic E-state index is 0.506. The molecule has 0 fully saturated rings. The van der Waals surface area contributed by atoms with Gasteiger partial charge in [0.25, 0.3) is 0 Å². The molecule has 4 heteroatoms. The fraction of sp³-hybridized carbons (Fsp3) is 0.231. The Morgan fingerprint density at radius 1 is 1.41 bits per heavy atom. The lowest BCUT2D eigenvalue weighted by molar-refractivity contribution is 0.411. The van der Waals surface area contributed by atoms with Crippen LogP contribution in [-0.2, 0) is 6.42 Å². The van der Waals surface area contributed by atoms with Crippen molar-refractivity contribution < 1.29 is 9.26 Å². The highest BCUT2D eigenvalue weighted by atomic mass is 16.5. The third-order valence-electron chi connectivity index (χ3n) is 2.53. The molecule has 0 bridgehead atoms. The summed E-state index contributed by atoms with van der Waals surface area (Å²) in [5, 5.41) is 12.8. The summed E-state index contributed by atoms with van der Waals surface area (Å²) in [6.45, 7) is 2.01. The molecular weight excluding hydrogens is 216 g/mol. The van der Waals surface area contributed by atoms with Crippen molar-refractivity contribution in [2.75, 3.05) is 7.11 Å². The van der Waals surface area contributed by atoms with Crippen molar-refractivity contribution in [3.8, 4) is 23.1 Å². The number of methoxy groups -OCH3 is 1. The fourth-order valence-corrected chi connectivity index (χ4v) is 1.55. The van der Waals surface area contributed by atoms with E-state index >= 15 is 0 Å². The summed E-state index contributed by atoms with van der Waals surface area (Å²) >= 11 is 0. The molecule has 0 aliphatic heterocycles. The first-order valence-electron chi connectivity index (χ1n) is 5.32. The van der Waals surface area contributed by atoms with Gasteiger partial charge >= 0.3 is 0 Å². The second kappa shape index (κ2) is 4.71. The molecule has 0 amide bonds. The standard InChI is InChI=1S/C13H12N2O2/c1-3-11-7-13(17-15-11)9-4-5-10(8-14)12(6-9)16-2/h4-7H,3H2,1-2H3. The Kier molecular flexibility index (Phi) is 3.10. The van der Waals surface area contributed by atoms with E-state index in [1.54, 1.807) is 12.1 Å². The molecule has 0 saturated carbocycles. The number of benzene rings is 1. The van der Waals surface area contributed by atoms with Crippen LogP contribution in [0.5, 0.6) is 5.75 Å². The van der Waals surface area contributed by atoms with E-state index in [1.165, 1.54) is 7.11 Å². The maximum Gasteiger partial charge on any atom is 0.167 e. The Morgan fingerprint density at radius 3 is 2.82 bits per heavy atom. The first-order valence-corrected chi connectivity index (χ1v) is 5.32. The highest BCUT2D eigenvalue weighted by molar-refractivity contribution is 5.62. The van der Waals surface area contributed by atoms with Crippen molar-refractivity contribution in [2.24, 2.45) is 0 Å². The smallest absolute Gasteiger partial charge is 0.167 e. The molecule has 0 aliphatic rings. The topological polar surface area (TPSA) is 59.0 Å². The van der Waals surface area contributed by atoms with Gasteiger partial charge in [0.1, 0.15) is 11.8 Å². The zero-order chi connectivity index (χ0) is 12.3. The van der Waals surface area contributed by atoms with Crippen LogP contribution >= 0.6 is 0 Å². The lowest BCUT2D eigenvalue weighted by Crippen LogP contribution is -1.88. The first kappa shape index (κ1) is 11.2. The molecule has 0 spiro atoms. The van der Waals surface area contributed by atoms with Gasteiger partial charge in [-0.1, -0.05) is 12.1 Å². The number of hydrogen-bond donors (Lipinski definition) is 0. The molecule has 0 aliphatic carbocycles. The maximum absolute atomic E-state index is 8.89. The van der Waals surface area contributed by atoms with Gasteiger partial charge in [0.15, 0.2) is 5.76 Å². The minimum Gasteiger partial charge on any atom is -0.495 e. The molecule has 0 radical (unpaired) electrons. The molecule has 2 rings (SSSR count). The van der Waals surface area contributed by atoms with E-state index in [0.717, 1.165) is 17.7 Å². The number of rotatable bonds is 3. The lowest BCUT2D eigenvalue weighted by atomic mass is 10.1. The average Bonchev–Trinajstić information content (AvgIpc) is 2.86. The summed E-state index contributed by atoms with van der Waals surface area (Å²) < 4.78 is 10.4. The highest BCUT2D eigenvalue weighted by Gasteiger charge is 2.09. The Bertz CT molecular complexity index is 567. The summed E-state index contributed by atoms with van der Waals surface area (Å²) in [5.41, 5.74) is 2.27. The molecule has 0 saturated heterocycles. The number of ether oxygens (including phenoxy) is 1. The zero-order valence-corrected chi connectivity index (χ0v) is 9.73. The minimum atomic E-state index is 0.506. The van der Waals surface area contributed by atoms with Crippen LogP contribution < -0.4 is 4.74 Å². The summed E-state index contributed by atoms with van der Waals surface area (Å²) in [4.78, 5) is 0. The monoisotopic (exact) mass is 228 g/mol. The van der Waals surface area contributed by atoms with Crippen LogP contribution in [0.15, 0.2) is 28.8 Å². The van der Waals surface area contributed by atoms with Crippen LogP contribution in [0.25, 0.3) is 11.3 Å². The van der Waals surface area contributed by atoms with Crippen molar-refractivity contribution in [1.29, 1.82) is 5.26 Å². The fourth-order valence-electron chi connectivity index (χ4n) is 1.55. The molecule has 2 aromatic rings. The molecular formula is C13H12N2O2. The molecule has 17 heavy (non-hydrogen) atoms. The normalized spacial score (nSPS) is 9.94. The average molecular weight is 228 g/mol. The van der Waals surface area contributed by atoms with Gasteiger partial charge in [-0.15, -0.1) is 0 Å². The van der Waals surface area contributed by atoms with E-state index in [1.807, 2.05) is 19.1 Å². The van der Waals surface area contributed by atoms with E-state index in [0.29, 0.717) is 17.1 Å². The summed E-state index contributed by atoms with van der Waals surface area (Å²) in [5.74, 6) is 1.23. The third kappa shape index (κ3) is 2.13. The molecule has 1 aromatic heterocycles. The number of nitrogens with zero attached hydrogens (tertiary/aromatic N) is 2. The predicted molar refractivity (Wildman–Crippen MR) is 62.6 cm³/mol. The van der Waals surface area contributed by atoms with Gasteiger partial charge in [0.2, 0.25) is 0 Å². The summed E-state index contributed by atoms with van der Waals surface area (Å²) in [6, 6.07) is 9.27. The Balaban J connectivity index is 2.43. The van der Waals surface area contributed by atoms with Gasteiger partial charge in [0.05, 0.1) is 18.4 Å². The van der Waals surface area contributed by atoms with E-state index in [-0.39, 0.29) is 0 Å². The lowest BCUT2D eigenvalue weighted by Gasteiger charge is -2.03. The molecule has 1 aromatic carbocycles. The molecule has 4 nitrogen and oxygen atoms in total. The van der Waals surface area contributed by atoms with Crippen molar-refractivity contribution >= 4 is 0 Å². The Labute approximate surface area is 99.4 Å². The van der Waals surface area contributed by atoms with Crippen molar-refractivity contribution in [2.45, 2.75) is 13.3 Å². The van der Waals surface area contributed by atoms with Gasteiger partial charge < -0.3 is 9.26 Å². The maximum atomic E-state index is 8.89. The van der Waals surface area contributed by atoms with Gasteiger partial charge in [-0.2, -0.15) is 5.26 Å². The van der Waals surface area contributed by atoms with E-state index in [9.17, 15) is 0 Å². The van der Waals surface area contributed by atoms with Gasteiger partial charge in [-0.3, -0.25) is 0 Å². The Hall–Kier alpha value is -2.28. The van der Waals surface area contributed by atoms with Crippen LogP contribution in [0.4, 0.5) is 0 Å². The van der Waals surface area contributed by atoms with Crippen LogP contribution in [0.2, 0.25) is 0 Å². The van der Waals surface area contributed by atoms with E-state index in [2.05, 4.69) is 11.2 Å². The van der Waals surface area contributed by atoms with Crippen molar-refractivity contribution in [3.63, 3.8) is 0 Å². The van der Waals surface area contributed by atoms with Gasteiger partial charge in [-0.25, -0.2) is 0 Å². The van der Waals surface area contributed by atoms with Crippen molar-refractivity contribution in [1.82, 2.24) is 5.16 Å². The largest absolute Gasteiger partial charge is 0.495 e. The highest BCUT2D eigenvalue weighted by Crippen LogP contribution is 2.27. The van der Waals surface area contributed by atoms with Crippen molar-refractivity contribution in [3.05, 3.63) is 35.5 Å². The number of aryl methyl sites for hydroxylation is 1. The van der Waals surface area contributed by atoms with Crippen LogP contribution in [0.3, 0.4) is 0 Å². The quantitative estimate of drug-likeness (QED) is 0.810. The third-order valence-corrected chi connectivity index (χ3v) is 2.53. The van der Waals surface area contributed by atoms with E-state index in [4.69, 9.17) is 14.5 Å². The van der Waals surface area contributed by atoms with Crippen LogP contribution in [-0.4, -0.2) is 12.3 Å². The van der Waals surface area contributed by atoms with Crippen LogP contribution in [0, 0.1) is 11.3 Å². The van der Waals surface area contributed by atoms with E-state index < -0.39 is 0 Å². The number of nitriles is 1. The molecule has 0 atom stereocenters. The van der Waals surface area contributed by atoms with Crippen LogP contribution in [0.1, 0.15) is 18.2 Å². The molecule has 1 heterocycles. The van der Waals surface area contributed by atoms with Gasteiger partial charge in [-0.05, 0) is 24.6 Å². The summed E-state index contributed by atoms with van der Waals surface area (Å²) in [7, 11) is 1.54. The second-order valence-corrected chi connectivity index (χ2v) is 3.56. The second-order valence-electron chi connectivity index (χ2n) is 3.56. The number of hydrogen-bond acceptors (Lipinski definition) is 4. The number of aromatic nitrogens is 1.